The highest BCUT2D eigenvalue weighted by atomic mass is 16.5. The zero-order valence-electron chi connectivity index (χ0n) is 14.1. The number of carbonyl (C=O) groups excluding carboxylic acids is 1. The van der Waals surface area contributed by atoms with Crippen LogP contribution in [0.4, 0.5) is 0 Å². The van der Waals surface area contributed by atoms with Crippen LogP contribution in [0.2, 0.25) is 0 Å². The summed E-state index contributed by atoms with van der Waals surface area (Å²) >= 11 is 0. The van der Waals surface area contributed by atoms with Crippen LogP contribution < -0.4 is 0 Å². The molecule has 3 rings (SSSR count). The minimum atomic E-state index is -0.0169. The second kappa shape index (κ2) is 5.69. The molecule has 1 aromatic rings. The van der Waals surface area contributed by atoms with E-state index < -0.39 is 0 Å². The third-order valence-corrected chi connectivity index (χ3v) is 5.66. The number of H-pyrrole nitrogens is 1. The number of amides is 1. The third-order valence-electron chi connectivity index (χ3n) is 5.66. The molecule has 2 aliphatic rings. The van der Waals surface area contributed by atoms with Gasteiger partial charge >= 0.3 is 0 Å². The van der Waals surface area contributed by atoms with Crippen molar-refractivity contribution in [1.29, 1.82) is 0 Å². The average molecular weight is 305 g/mol. The Hall–Kier alpha value is -1.36. The Morgan fingerprint density at radius 1 is 1.41 bits per heavy atom. The quantitative estimate of drug-likeness (QED) is 0.933. The Bertz CT molecular complexity index is 562. The smallest absolute Gasteiger partial charge is 0.274 e. The van der Waals surface area contributed by atoms with Crippen molar-refractivity contribution in [2.45, 2.75) is 65.6 Å². The standard InChI is InChI=1S/C17H27N3O2/c1-5-17(6-2)7-8-20(10-17)16(21)15-13-9-11(3)22-12(4)14(13)18-19-15/h11-12H,5-10H2,1-4H3,(H,18,19)/t11-,12+/m0/s1. The number of ether oxygens (including phenoxy) is 1. The van der Waals surface area contributed by atoms with Crippen LogP contribution in [0.3, 0.4) is 0 Å². The molecule has 1 saturated heterocycles. The minimum Gasteiger partial charge on any atom is -0.369 e. The van der Waals surface area contributed by atoms with Crippen LogP contribution in [0, 0.1) is 5.41 Å². The molecule has 1 amide bonds. The second-order valence-electron chi connectivity index (χ2n) is 6.94. The summed E-state index contributed by atoms with van der Waals surface area (Å²) in [6.07, 6.45) is 4.25. The fourth-order valence-electron chi connectivity index (χ4n) is 3.94. The van der Waals surface area contributed by atoms with Crippen molar-refractivity contribution >= 4 is 5.91 Å². The van der Waals surface area contributed by atoms with Gasteiger partial charge in [-0.15, -0.1) is 0 Å². The molecule has 3 heterocycles. The first-order valence-corrected chi connectivity index (χ1v) is 8.51. The van der Waals surface area contributed by atoms with E-state index in [4.69, 9.17) is 4.74 Å². The number of aromatic nitrogens is 2. The van der Waals surface area contributed by atoms with Crippen LogP contribution in [0.25, 0.3) is 0 Å². The Morgan fingerprint density at radius 2 is 2.14 bits per heavy atom. The normalized spacial score (nSPS) is 27.0. The molecule has 0 spiro atoms. The van der Waals surface area contributed by atoms with E-state index in [9.17, 15) is 4.79 Å². The van der Waals surface area contributed by atoms with Gasteiger partial charge in [0.05, 0.1) is 17.9 Å². The van der Waals surface area contributed by atoms with Gasteiger partial charge in [-0.3, -0.25) is 9.89 Å². The summed E-state index contributed by atoms with van der Waals surface area (Å²) < 4.78 is 5.80. The number of hydrogen-bond acceptors (Lipinski definition) is 3. The fourth-order valence-corrected chi connectivity index (χ4v) is 3.94. The summed E-state index contributed by atoms with van der Waals surface area (Å²) in [6.45, 7) is 10.2. The molecule has 0 radical (unpaired) electrons. The van der Waals surface area contributed by atoms with Crippen LogP contribution in [-0.2, 0) is 11.2 Å². The van der Waals surface area contributed by atoms with Crippen molar-refractivity contribution in [2.75, 3.05) is 13.1 Å². The topological polar surface area (TPSA) is 58.2 Å². The van der Waals surface area contributed by atoms with Crippen LogP contribution in [0.1, 0.15) is 74.8 Å². The molecule has 122 valence electrons. The first kappa shape index (κ1) is 15.5. The number of nitrogens with zero attached hydrogens (tertiary/aromatic N) is 2. The van der Waals surface area contributed by atoms with Crippen molar-refractivity contribution in [3.05, 3.63) is 17.0 Å². The molecule has 5 nitrogen and oxygen atoms in total. The summed E-state index contributed by atoms with van der Waals surface area (Å²) in [5.41, 5.74) is 2.94. The van der Waals surface area contributed by atoms with E-state index in [1.807, 2.05) is 11.8 Å². The average Bonchev–Trinajstić information content (AvgIpc) is 3.11. The number of nitrogens with one attached hydrogen (secondary N) is 1. The Balaban J connectivity index is 1.83. The van der Waals surface area contributed by atoms with E-state index >= 15 is 0 Å². The molecule has 1 aromatic heterocycles. The van der Waals surface area contributed by atoms with E-state index in [0.717, 1.165) is 50.0 Å². The maximum Gasteiger partial charge on any atom is 0.274 e. The molecular weight excluding hydrogens is 278 g/mol. The molecule has 0 unspecified atom stereocenters. The molecule has 0 aromatic carbocycles. The molecule has 22 heavy (non-hydrogen) atoms. The number of aromatic amines is 1. The highest BCUT2D eigenvalue weighted by Crippen LogP contribution is 2.38. The van der Waals surface area contributed by atoms with Crippen LogP contribution in [0.5, 0.6) is 0 Å². The lowest BCUT2D eigenvalue weighted by atomic mass is 9.82. The first-order valence-electron chi connectivity index (χ1n) is 8.51. The monoisotopic (exact) mass is 305 g/mol. The Morgan fingerprint density at radius 3 is 2.77 bits per heavy atom. The molecule has 2 atom stereocenters. The summed E-state index contributed by atoms with van der Waals surface area (Å²) in [5, 5.41) is 7.36. The van der Waals surface area contributed by atoms with Gasteiger partial charge in [0.15, 0.2) is 5.69 Å². The van der Waals surface area contributed by atoms with Crippen LogP contribution in [0.15, 0.2) is 0 Å². The molecule has 0 bridgehead atoms. The Labute approximate surface area is 132 Å². The highest BCUT2D eigenvalue weighted by molar-refractivity contribution is 5.94. The highest BCUT2D eigenvalue weighted by Gasteiger charge is 2.39. The summed E-state index contributed by atoms with van der Waals surface area (Å²) in [6, 6.07) is 0. The zero-order chi connectivity index (χ0) is 15.9. The summed E-state index contributed by atoms with van der Waals surface area (Å²) in [4.78, 5) is 14.9. The lowest BCUT2D eigenvalue weighted by molar-refractivity contribution is -0.00701. The first-order chi connectivity index (χ1) is 10.5. The third kappa shape index (κ3) is 2.45. The number of carbonyl (C=O) groups is 1. The van der Waals surface area contributed by atoms with E-state index in [-0.39, 0.29) is 18.1 Å². The van der Waals surface area contributed by atoms with E-state index in [1.165, 1.54) is 0 Å². The maximum absolute atomic E-state index is 12.9. The molecular formula is C17H27N3O2. The van der Waals surface area contributed by atoms with Gasteiger partial charge in [0, 0.05) is 25.1 Å². The molecule has 1 fully saturated rings. The van der Waals surface area contributed by atoms with Gasteiger partial charge < -0.3 is 9.64 Å². The number of likely N-dealkylation sites (tertiary alicyclic amines) is 1. The van der Waals surface area contributed by atoms with Crippen molar-refractivity contribution in [3.8, 4) is 0 Å². The van der Waals surface area contributed by atoms with Crippen molar-refractivity contribution in [1.82, 2.24) is 15.1 Å². The fraction of sp³-hybridized carbons (Fsp3) is 0.765. The van der Waals surface area contributed by atoms with Gasteiger partial charge in [-0.2, -0.15) is 5.10 Å². The lowest BCUT2D eigenvalue weighted by Crippen LogP contribution is -2.33. The van der Waals surface area contributed by atoms with Crippen LogP contribution >= 0.6 is 0 Å². The lowest BCUT2D eigenvalue weighted by Gasteiger charge is -2.27. The van der Waals surface area contributed by atoms with E-state index in [0.29, 0.717) is 11.1 Å². The molecule has 0 aliphatic carbocycles. The second-order valence-corrected chi connectivity index (χ2v) is 6.94. The molecule has 1 N–H and O–H groups in total. The van der Waals surface area contributed by atoms with Crippen molar-refractivity contribution < 1.29 is 9.53 Å². The number of rotatable bonds is 3. The predicted octanol–water partition coefficient (Wildman–Crippen LogP) is 3.08. The number of hydrogen-bond donors (Lipinski definition) is 1. The van der Waals surface area contributed by atoms with Gasteiger partial charge in [0.1, 0.15) is 0 Å². The SMILES string of the molecule is CCC1(CC)CCN(C(=O)c2n[nH]c3c2C[C@H](C)O[C@@H]3C)C1. The molecule has 0 saturated carbocycles. The van der Waals surface area contributed by atoms with Gasteiger partial charge in [0.25, 0.3) is 5.91 Å². The summed E-state index contributed by atoms with van der Waals surface area (Å²) in [5.74, 6) is 0.0857. The maximum atomic E-state index is 12.9. The molecule has 5 heteroatoms. The van der Waals surface area contributed by atoms with E-state index in [1.54, 1.807) is 0 Å². The van der Waals surface area contributed by atoms with Gasteiger partial charge in [0.2, 0.25) is 0 Å². The Kier molecular flexibility index (Phi) is 4.02. The van der Waals surface area contributed by atoms with E-state index in [2.05, 4.69) is 31.0 Å². The van der Waals surface area contributed by atoms with Crippen LogP contribution in [-0.4, -0.2) is 40.2 Å². The largest absolute Gasteiger partial charge is 0.369 e. The predicted molar refractivity (Wildman–Crippen MR) is 84.8 cm³/mol. The van der Waals surface area contributed by atoms with Crippen molar-refractivity contribution in [2.24, 2.45) is 5.41 Å². The van der Waals surface area contributed by atoms with Gasteiger partial charge in [-0.25, -0.2) is 0 Å². The summed E-state index contributed by atoms with van der Waals surface area (Å²) in [7, 11) is 0. The number of fused-ring (bicyclic) bond motifs is 1. The van der Waals surface area contributed by atoms with Gasteiger partial charge in [-0.1, -0.05) is 13.8 Å². The van der Waals surface area contributed by atoms with Crippen molar-refractivity contribution in [3.63, 3.8) is 0 Å². The minimum absolute atomic E-state index is 0.0169. The van der Waals surface area contributed by atoms with Gasteiger partial charge in [-0.05, 0) is 38.5 Å². The molecule has 2 aliphatic heterocycles. The zero-order valence-corrected chi connectivity index (χ0v) is 14.1.